The van der Waals surface area contributed by atoms with Crippen LogP contribution >= 0.6 is 0 Å². The second kappa shape index (κ2) is 10.7. The number of nitrogens with one attached hydrogen (secondary N) is 1. The highest BCUT2D eigenvalue weighted by molar-refractivity contribution is 5.91. The molecule has 1 N–H and O–H groups in total. The minimum absolute atomic E-state index is 0.0273. The first-order valence-corrected chi connectivity index (χ1v) is 14.6. The Morgan fingerprint density at radius 1 is 0.763 bits per heavy atom. The Morgan fingerprint density at radius 2 is 1.21 bits per heavy atom. The molecule has 5 heteroatoms. The summed E-state index contributed by atoms with van der Waals surface area (Å²) in [6, 6.07) is 8.28. The molecule has 3 aliphatic rings. The molecule has 0 heterocycles. The Labute approximate surface area is 227 Å². The van der Waals surface area contributed by atoms with Gasteiger partial charge in [-0.05, 0) is 115 Å². The fraction of sp³-hybridized carbons (Fsp3) is 0.576. The third kappa shape index (κ3) is 5.77. The Kier molecular flexibility index (Phi) is 7.57. The van der Waals surface area contributed by atoms with Crippen molar-refractivity contribution in [3.63, 3.8) is 0 Å². The Balaban J connectivity index is 1.64. The molecule has 0 unspecified atom stereocenters. The first-order valence-electron chi connectivity index (χ1n) is 14.6. The van der Waals surface area contributed by atoms with E-state index in [9.17, 15) is 9.59 Å². The molecule has 3 fully saturated rings. The molecule has 2 aromatic carbocycles. The summed E-state index contributed by atoms with van der Waals surface area (Å²) in [5.41, 5.74) is 5.52. The van der Waals surface area contributed by atoms with Crippen molar-refractivity contribution < 1.29 is 19.1 Å². The van der Waals surface area contributed by atoms with E-state index in [4.69, 9.17) is 9.47 Å². The molecule has 0 saturated heterocycles. The van der Waals surface area contributed by atoms with E-state index in [1.807, 2.05) is 12.1 Å². The number of carbonyl (C=O) groups excluding carboxylic acids is 2. The van der Waals surface area contributed by atoms with Crippen LogP contribution in [-0.2, 0) is 9.59 Å². The second-order valence-electron chi connectivity index (χ2n) is 12.4. The van der Waals surface area contributed by atoms with Crippen LogP contribution in [0.1, 0.15) is 126 Å². The lowest BCUT2D eigenvalue weighted by molar-refractivity contribution is -0.120. The summed E-state index contributed by atoms with van der Waals surface area (Å²) in [7, 11) is 0. The van der Waals surface area contributed by atoms with Crippen LogP contribution in [-0.4, -0.2) is 12.4 Å². The van der Waals surface area contributed by atoms with E-state index in [-0.39, 0.29) is 11.8 Å². The molecular weight excluding hydrogens is 474 g/mol. The zero-order chi connectivity index (χ0) is 27.1. The van der Waals surface area contributed by atoms with E-state index in [1.54, 1.807) is 6.92 Å². The molecule has 5 nitrogen and oxygen atoms in total. The normalized spacial score (nSPS) is 19.6. The highest BCUT2D eigenvalue weighted by Gasteiger charge is 2.36. The Bertz CT molecular complexity index is 1170. The predicted octanol–water partition coefficient (Wildman–Crippen LogP) is 8.64. The Morgan fingerprint density at radius 3 is 1.63 bits per heavy atom. The monoisotopic (exact) mass is 517 g/mol. The lowest BCUT2D eigenvalue weighted by Gasteiger charge is -2.26. The van der Waals surface area contributed by atoms with Crippen molar-refractivity contribution in [2.24, 2.45) is 17.8 Å². The molecule has 2 aromatic rings. The summed E-state index contributed by atoms with van der Waals surface area (Å²) in [6.07, 6.45) is 7.37. The van der Waals surface area contributed by atoms with Crippen LogP contribution in [0, 0.1) is 17.8 Å². The molecule has 0 aromatic heterocycles. The van der Waals surface area contributed by atoms with Crippen molar-refractivity contribution in [2.45, 2.75) is 104 Å². The lowest BCUT2D eigenvalue weighted by atomic mass is 9.86. The molecule has 3 saturated carbocycles. The minimum atomic E-state index is -0.0273. The van der Waals surface area contributed by atoms with E-state index < -0.39 is 0 Å². The first kappa shape index (κ1) is 26.8. The summed E-state index contributed by atoms with van der Waals surface area (Å²) >= 11 is 0. The summed E-state index contributed by atoms with van der Waals surface area (Å²) < 4.78 is 12.3. The molecule has 5 rings (SSSR count). The summed E-state index contributed by atoms with van der Waals surface area (Å²) in [4.78, 5) is 23.5. The zero-order valence-corrected chi connectivity index (χ0v) is 23.8. The molecule has 3 atom stereocenters. The average Bonchev–Trinajstić information content (AvgIpc) is 3.71. The van der Waals surface area contributed by atoms with Crippen molar-refractivity contribution in [2.75, 3.05) is 5.32 Å². The molecular formula is C33H43NO4. The molecule has 1 amide bonds. The van der Waals surface area contributed by atoms with Crippen molar-refractivity contribution in [1.29, 1.82) is 0 Å². The number of carbonyl (C=O) groups is 2. The number of benzene rings is 2. The number of ether oxygens (including phenoxy) is 2. The van der Waals surface area contributed by atoms with Gasteiger partial charge >= 0.3 is 0 Å². The van der Waals surface area contributed by atoms with Gasteiger partial charge in [0.2, 0.25) is 5.91 Å². The number of hydrogen-bond donors (Lipinski definition) is 1. The maximum absolute atomic E-state index is 12.3. The smallest absolute Gasteiger partial charge is 0.298 e. The minimum Gasteiger partial charge on any atom is -0.457 e. The highest BCUT2D eigenvalue weighted by atomic mass is 16.5. The number of anilines is 1. The summed E-state index contributed by atoms with van der Waals surface area (Å²) in [5, 5.41) is 3.22. The van der Waals surface area contributed by atoms with Crippen LogP contribution in [0.2, 0.25) is 0 Å². The van der Waals surface area contributed by atoms with Crippen molar-refractivity contribution in [3.8, 4) is 17.2 Å². The van der Waals surface area contributed by atoms with E-state index in [1.165, 1.54) is 49.7 Å². The quantitative estimate of drug-likeness (QED) is 0.286. The van der Waals surface area contributed by atoms with E-state index >= 15 is 0 Å². The topological polar surface area (TPSA) is 64.6 Å². The van der Waals surface area contributed by atoms with Crippen LogP contribution in [0.5, 0.6) is 17.2 Å². The summed E-state index contributed by atoms with van der Waals surface area (Å²) in [6.45, 7) is 13.3. The van der Waals surface area contributed by atoms with Crippen LogP contribution in [0.3, 0.4) is 0 Å². The van der Waals surface area contributed by atoms with Gasteiger partial charge in [-0.2, -0.15) is 0 Å². The van der Waals surface area contributed by atoms with Gasteiger partial charge in [-0.3, -0.25) is 9.59 Å². The molecule has 204 valence electrons. The fourth-order valence-corrected chi connectivity index (χ4v) is 6.08. The van der Waals surface area contributed by atoms with Gasteiger partial charge in [-0.1, -0.05) is 34.6 Å². The van der Waals surface area contributed by atoms with Crippen LogP contribution in [0.25, 0.3) is 0 Å². The van der Waals surface area contributed by atoms with Gasteiger partial charge in [0.1, 0.15) is 17.2 Å². The maximum Gasteiger partial charge on any atom is 0.298 e. The van der Waals surface area contributed by atoms with Crippen LogP contribution in [0.4, 0.5) is 5.69 Å². The third-order valence-electron chi connectivity index (χ3n) is 9.08. The van der Waals surface area contributed by atoms with Crippen LogP contribution in [0.15, 0.2) is 24.3 Å². The van der Waals surface area contributed by atoms with Gasteiger partial charge in [0.25, 0.3) is 6.47 Å². The number of hydrogen-bond acceptors (Lipinski definition) is 4. The second-order valence-corrected chi connectivity index (χ2v) is 12.4. The number of amides is 1. The molecule has 3 aliphatic carbocycles. The van der Waals surface area contributed by atoms with Crippen LogP contribution < -0.4 is 14.8 Å². The highest BCUT2D eigenvalue weighted by Crippen LogP contribution is 2.52. The molecule has 0 bridgehead atoms. The van der Waals surface area contributed by atoms with Gasteiger partial charge in [0, 0.05) is 23.7 Å². The molecule has 0 radical (unpaired) electrons. The zero-order valence-electron chi connectivity index (χ0n) is 23.8. The van der Waals surface area contributed by atoms with Gasteiger partial charge in [-0.25, -0.2) is 0 Å². The molecule has 0 spiro atoms. The lowest BCUT2D eigenvalue weighted by Crippen LogP contribution is -2.15. The maximum atomic E-state index is 12.3. The van der Waals surface area contributed by atoms with Gasteiger partial charge in [0.05, 0.1) is 0 Å². The van der Waals surface area contributed by atoms with Gasteiger partial charge in [-0.15, -0.1) is 0 Å². The average molecular weight is 518 g/mol. The first-order chi connectivity index (χ1) is 18.2. The van der Waals surface area contributed by atoms with Gasteiger partial charge < -0.3 is 14.8 Å². The largest absolute Gasteiger partial charge is 0.457 e. The van der Waals surface area contributed by atoms with Crippen molar-refractivity contribution >= 4 is 18.1 Å². The van der Waals surface area contributed by atoms with E-state index in [2.05, 4.69) is 52.1 Å². The van der Waals surface area contributed by atoms with Crippen molar-refractivity contribution in [3.05, 3.63) is 46.5 Å². The van der Waals surface area contributed by atoms with E-state index in [0.29, 0.717) is 47.7 Å². The Hall–Kier alpha value is -2.82. The van der Waals surface area contributed by atoms with Crippen molar-refractivity contribution in [1.82, 2.24) is 0 Å². The SMILES string of the molecule is CC(=O)Nc1c([C@@H](C)C2CC2)cc(Oc2c(C(C)C)cc(OC=O)cc2[C@H](C)C2CC2)cc1[C@@H](C)C1CC1. The predicted molar refractivity (Wildman–Crippen MR) is 151 cm³/mol. The molecule has 0 aliphatic heterocycles. The fourth-order valence-electron chi connectivity index (χ4n) is 6.08. The standard InChI is InChI=1S/C33H43NO4/c1-18(2)28-13-26(37-17-35)14-31(21(5)25-11-12-25)33(28)38-27-15-29(19(3)23-7-8-23)32(34-22(6)36)30(16-27)20(4)24-9-10-24/h13-21,23-25H,7-12H2,1-6H3,(H,34,36)/t19-,20-,21+/m0/s1. The molecule has 38 heavy (non-hydrogen) atoms. The summed E-state index contributed by atoms with van der Waals surface area (Å²) in [5.74, 6) is 5.40. The van der Waals surface area contributed by atoms with Gasteiger partial charge in [0.15, 0.2) is 0 Å². The third-order valence-corrected chi connectivity index (χ3v) is 9.08. The number of rotatable bonds is 12. The van der Waals surface area contributed by atoms with E-state index in [0.717, 1.165) is 28.3 Å².